The number of nitrogens with two attached hydrogens (primary N) is 1. The molecule has 0 aliphatic rings. The van der Waals surface area contributed by atoms with Crippen LogP contribution in [0.1, 0.15) is 23.5 Å². The summed E-state index contributed by atoms with van der Waals surface area (Å²) in [6.07, 6.45) is 0.806. The van der Waals surface area contributed by atoms with E-state index in [1.807, 2.05) is 12.1 Å². The molecule has 0 spiro atoms. The molecule has 0 bridgehead atoms. The van der Waals surface area contributed by atoms with E-state index >= 15 is 0 Å². The van der Waals surface area contributed by atoms with Gasteiger partial charge in [0.05, 0.1) is 9.59 Å². The second-order valence-electron chi connectivity index (χ2n) is 3.33. The van der Waals surface area contributed by atoms with E-state index in [1.54, 1.807) is 23.1 Å². The Balaban J connectivity index is 2.56. The fraction of sp³-hybridized carbons (Fsp3) is 0.600. The number of halogens is 1. The van der Waals surface area contributed by atoms with Crippen molar-refractivity contribution in [1.82, 2.24) is 0 Å². The van der Waals surface area contributed by atoms with Gasteiger partial charge in [0.2, 0.25) is 0 Å². The molecular formula is C10H16ClNOS2. The predicted octanol–water partition coefficient (Wildman–Crippen LogP) is 2.91. The molecule has 0 saturated heterocycles. The lowest BCUT2D eigenvalue weighted by molar-refractivity contribution is 0.289. The Labute approximate surface area is 104 Å². The van der Waals surface area contributed by atoms with E-state index in [0.29, 0.717) is 17.0 Å². The molecule has 1 rings (SSSR count). The van der Waals surface area contributed by atoms with E-state index < -0.39 is 0 Å². The van der Waals surface area contributed by atoms with Crippen molar-refractivity contribution in [3.05, 3.63) is 21.3 Å². The van der Waals surface area contributed by atoms with Crippen molar-refractivity contribution in [3.63, 3.8) is 0 Å². The third-order valence-corrected chi connectivity index (χ3v) is 5.03. The lowest BCUT2D eigenvalue weighted by Crippen LogP contribution is -2.12. The van der Waals surface area contributed by atoms with Crippen molar-refractivity contribution >= 4 is 34.7 Å². The second-order valence-corrected chi connectivity index (χ2v) is 6.72. The first kappa shape index (κ1) is 13.3. The summed E-state index contributed by atoms with van der Waals surface area (Å²) in [5.74, 6) is 0. The zero-order valence-corrected chi connectivity index (χ0v) is 11.0. The second kappa shape index (κ2) is 6.76. The summed E-state index contributed by atoms with van der Waals surface area (Å²) in [6, 6.07) is 3.94. The largest absolute Gasteiger partial charge is 0.396 e. The Kier molecular flexibility index (Phi) is 6.00. The lowest BCUT2D eigenvalue weighted by atomic mass is 10.3. The van der Waals surface area contributed by atoms with Crippen LogP contribution in [0.25, 0.3) is 0 Å². The maximum Gasteiger partial charge on any atom is 0.0931 e. The number of thioether (sulfide) groups is 1. The number of aliphatic hydroxyl groups is 1. The van der Waals surface area contributed by atoms with Crippen LogP contribution in [0.3, 0.4) is 0 Å². The highest BCUT2D eigenvalue weighted by atomic mass is 35.5. The molecule has 2 unspecified atom stereocenters. The predicted molar refractivity (Wildman–Crippen MR) is 69.9 cm³/mol. The fourth-order valence-electron chi connectivity index (χ4n) is 1.27. The van der Waals surface area contributed by atoms with Gasteiger partial charge in [0, 0.05) is 23.3 Å². The monoisotopic (exact) mass is 265 g/mol. The molecule has 0 aliphatic carbocycles. The summed E-state index contributed by atoms with van der Waals surface area (Å²) in [7, 11) is 0. The molecule has 2 atom stereocenters. The highest BCUT2D eigenvalue weighted by Crippen LogP contribution is 2.37. The summed E-state index contributed by atoms with van der Waals surface area (Å²) in [4.78, 5) is 1.22. The molecule has 0 radical (unpaired) electrons. The number of hydrogen-bond donors (Lipinski definition) is 2. The fourth-order valence-corrected chi connectivity index (χ4v) is 3.76. The molecule has 0 aromatic carbocycles. The minimum absolute atomic E-state index is 0.233. The third-order valence-electron chi connectivity index (χ3n) is 2.06. The van der Waals surface area contributed by atoms with Gasteiger partial charge in [0.25, 0.3) is 0 Å². The van der Waals surface area contributed by atoms with Crippen LogP contribution in [0.4, 0.5) is 0 Å². The van der Waals surface area contributed by atoms with Crippen molar-refractivity contribution in [1.29, 1.82) is 0 Å². The van der Waals surface area contributed by atoms with Gasteiger partial charge in [-0.05, 0) is 18.6 Å². The van der Waals surface area contributed by atoms with Crippen molar-refractivity contribution in [2.24, 2.45) is 5.73 Å². The molecule has 0 fully saturated rings. The van der Waals surface area contributed by atoms with Gasteiger partial charge in [-0.25, -0.2) is 0 Å². The molecular weight excluding hydrogens is 250 g/mol. The van der Waals surface area contributed by atoms with Gasteiger partial charge in [0.15, 0.2) is 0 Å². The van der Waals surface area contributed by atoms with E-state index in [9.17, 15) is 0 Å². The van der Waals surface area contributed by atoms with Crippen LogP contribution in [-0.4, -0.2) is 23.5 Å². The van der Waals surface area contributed by atoms with Gasteiger partial charge in [-0.15, -0.1) is 23.1 Å². The first-order valence-corrected chi connectivity index (χ1v) is 7.02. The quantitative estimate of drug-likeness (QED) is 0.831. The Morgan fingerprint density at radius 3 is 2.80 bits per heavy atom. The zero-order chi connectivity index (χ0) is 11.3. The summed E-state index contributed by atoms with van der Waals surface area (Å²) in [6.45, 7) is 2.95. The topological polar surface area (TPSA) is 46.2 Å². The SMILES string of the molecule is CC(CCO)SC(CN)c1ccc(Cl)s1. The van der Waals surface area contributed by atoms with Crippen molar-refractivity contribution in [3.8, 4) is 0 Å². The zero-order valence-electron chi connectivity index (χ0n) is 8.65. The van der Waals surface area contributed by atoms with E-state index in [-0.39, 0.29) is 6.61 Å². The first-order valence-electron chi connectivity index (χ1n) is 4.89. The van der Waals surface area contributed by atoms with Gasteiger partial charge in [-0.2, -0.15) is 0 Å². The van der Waals surface area contributed by atoms with Crippen molar-refractivity contribution in [2.75, 3.05) is 13.2 Å². The average molecular weight is 266 g/mol. The molecule has 5 heteroatoms. The van der Waals surface area contributed by atoms with Gasteiger partial charge >= 0.3 is 0 Å². The Bertz CT molecular complexity index is 293. The molecule has 2 nitrogen and oxygen atoms in total. The summed E-state index contributed by atoms with van der Waals surface area (Å²) in [5.41, 5.74) is 5.74. The molecule has 1 aromatic rings. The molecule has 0 aliphatic heterocycles. The van der Waals surface area contributed by atoms with Gasteiger partial charge in [-0.3, -0.25) is 0 Å². The number of thiophene rings is 1. The molecule has 15 heavy (non-hydrogen) atoms. The van der Waals surface area contributed by atoms with E-state index in [4.69, 9.17) is 22.4 Å². The summed E-state index contributed by atoms with van der Waals surface area (Å²) < 4.78 is 0.805. The van der Waals surface area contributed by atoms with Gasteiger partial charge < -0.3 is 10.8 Å². The number of aliphatic hydroxyl groups excluding tert-OH is 1. The summed E-state index contributed by atoms with van der Waals surface area (Å²) in [5, 5.41) is 9.55. The van der Waals surface area contributed by atoms with E-state index in [1.165, 1.54) is 4.88 Å². The minimum atomic E-state index is 0.233. The Hall–Kier alpha value is 0.260. The lowest BCUT2D eigenvalue weighted by Gasteiger charge is -2.17. The van der Waals surface area contributed by atoms with Crippen LogP contribution in [0.2, 0.25) is 4.34 Å². The first-order chi connectivity index (χ1) is 7.17. The van der Waals surface area contributed by atoms with Crippen molar-refractivity contribution in [2.45, 2.75) is 23.8 Å². The van der Waals surface area contributed by atoms with Crippen LogP contribution in [0.15, 0.2) is 12.1 Å². The average Bonchev–Trinajstić information content (AvgIpc) is 2.61. The number of hydrogen-bond acceptors (Lipinski definition) is 4. The maximum atomic E-state index is 8.83. The molecule has 0 saturated carbocycles. The van der Waals surface area contributed by atoms with Gasteiger partial charge in [-0.1, -0.05) is 18.5 Å². The highest BCUT2D eigenvalue weighted by Gasteiger charge is 2.15. The highest BCUT2D eigenvalue weighted by molar-refractivity contribution is 8.00. The molecule has 1 heterocycles. The standard InChI is InChI=1S/C10H16ClNOS2/c1-7(4-5-13)14-9(6-12)8-2-3-10(11)15-8/h2-3,7,9,13H,4-6,12H2,1H3. The van der Waals surface area contributed by atoms with Crippen LogP contribution in [-0.2, 0) is 0 Å². The normalized spacial score (nSPS) is 15.2. The van der Waals surface area contributed by atoms with E-state index in [0.717, 1.165) is 10.8 Å². The smallest absolute Gasteiger partial charge is 0.0931 e. The Morgan fingerprint density at radius 2 is 2.33 bits per heavy atom. The van der Waals surface area contributed by atoms with Crippen LogP contribution < -0.4 is 5.73 Å². The molecule has 1 aromatic heterocycles. The van der Waals surface area contributed by atoms with Gasteiger partial charge in [0.1, 0.15) is 0 Å². The molecule has 3 N–H and O–H groups in total. The van der Waals surface area contributed by atoms with Crippen LogP contribution >= 0.6 is 34.7 Å². The van der Waals surface area contributed by atoms with Crippen LogP contribution in [0.5, 0.6) is 0 Å². The number of rotatable bonds is 6. The maximum absolute atomic E-state index is 8.83. The summed E-state index contributed by atoms with van der Waals surface area (Å²) >= 11 is 9.27. The third kappa shape index (κ3) is 4.33. The van der Waals surface area contributed by atoms with Crippen molar-refractivity contribution < 1.29 is 5.11 Å². The van der Waals surface area contributed by atoms with Crippen LogP contribution in [0, 0.1) is 0 Å². The minimum Gasteiger partial charge on any atom is -0.396 e. The van der Waals surface area contributed by atoms with E-state index in [2.05, 4.69) is 6.92 Å². The Morgan fingerprint density at radius 1 is 1.60 bits per heavy atom. The molecule has 0 amide bonds. The molecule has 86 valence electrons.